The van der Waals surface area contributed by atoms with Crippen molar-refractivity contribution in [2.45, 2.75) is 0 Å². The molecule has 0 fully saturated rings. The summed E-state index contributed by atoms with van der Waals surface area (Å²) in [4.78, 5) is 15.8. The summed E-state index contributed by atoms with van der Waals surface area (Å²) in [5, 5.41) is 6.23. The van der Waals surface area contributed by atoms with Gasteiger partial charge in [-0.15, -0.1) is 0 Å². The second-order valence-electron chi connectivity index (χ2n) is 3.75. The van der Waals surface area contributed by atoms with Crippen molar-refractivity contribution < 1.29 is 9.53 Å². The van der Waals surface area contributed by atoms with Gasteiger partial charge in [0.05, 0.1) is 12.1 Å². The van der Waals surface area contributed by atoms with E-state index in [1.807, 2.05) is 12.1 Å². The number of hydrogen-bond acceptors (Lipinski definition) is 5. The third kappa shape index (κ3) is 3.10. The fraction of sp³-hybridized carbons (Fsp3) is 0.231. The number of nitrogens with zero attached hydrogens (tertiary/aromatic N) is 1. The Bertz CT molecular complexity index is 466. The number of nitrogens with one attached hydrogen (secondary N) is 2. The van der Waals surface area contributed by atoms with Gasteiger partial charge in [0.25, 0.3) is 0 Å². The zero-order valence-electron chi connectivity index (χ0n) is 9.98. The van der Waals surface area contributed by atoms with Gasteiger partial charge in [0, 0.05) is 12.2 Å². The maximum Gasteiger partial charge on any atom is 0.338 e. The summed E-state index contributed by atoms with van der Waals surface area (Å²) >= 11 is 0. The van der Waals surface area contributed by atoms with Crippen LogP contribution in [0.1, 0.15) is 10.4 Å². The Balaban J connectivity index is 1.96. The summed E-state index contributed by atoms with van der Waals surface area (Å²) in [7, 11) is 0. The van der Waals surface area contributed by atoms with Gasteiger partial charge in [-0.1, -0.05) is 12.7 Å². The maximum absolute atomic E-state index is 11.5. The van der Waals surface area contributed by atoms with Crippen LogP contribution in [0.15, 0.2) is 41.9 Å². The lowest BCUT2D eigenvalue weighted by molar-refractivity contribution is 0.0550. The van der Waals surface area contributed by atoms with Crippen LogP contribution in [0, 0.1) is 0 Å². The van der Waals surface area contributed by atoms with E-state index in [0.29, 0.717) is 5.56 Å². The van der Waals surface area contributed by atoms with E-state index in [-0.39, 0.29) is 12.6 Å². The van der Waals surface area contributed by atoms with Crippen LogP contribution in [0.5, 0.6) is 0 Å². The minimum Gasteiger partial charge on any atom is -0.458 e. The second kappa shape index (κ2) is 5.86. The summed E-state index contributed by atoms with van der Waals surface area (Å²) in [6.07, 6.45) is 1.54. The summed E-state index contributed by atoms with van der Waals surface area (Å²) in [5.74, 6) is 0.412. The normalized spacial score (nSPS) is 13.4. The van der Waals surface area contributed by atoms with E-state index in [9.17, 15) is 4.79 Å². The number of carbonyl (C=O) groups excluding carboxylic acids is 1. The zero-order valence-corrected chi connectivity index (χ0v) is 9.98. The van der Waals surface area contributed by atoms with Crippen molar-refractivity contribution in [2.24, 2.45) is 4.99 Å². The Morgan fingerprint density at radius 3 is 2.89 bits per heavy atom. The number of aliphatic imine (C=N–C) groups is 1. The Morgan fingerprint density at radius 1 is 1.50 bits per heavy atom. The van der Waals surface area contributed by atoms with Crippen molar-refractivity contribution in [3.63, 3.8) is 0 Å². The molecule has 0 amide bonds. The average Bonchev–Trinajstić information content (AvgIpc) is 2.89. The largest absolute Gasteiger partial charge is 0.458 e. The average molecular weight is 245 g/mol. The molecule has 0 bridgehead atoms. The number of esters is 1. The number of benzene rings is 1. The maximum atomic E-state index is 11.5. The van der Waals surface area contributed by atoms with E-state index in [2.05, 4.69) is 22.2 Å². The first-order valence-corrected chi connectivity index (χ1v) is 5.73. The number of carbonyl (C=O) groups is 1. The highest BCUT2D eigenvalue weighted by Crippen LogP contribution is 2.10. The molecule has 1 aromatic rings. The monoisotopic (exact) mass is 245 g/mol. The molecule has 94 valence electrons. The van der Waals surface area contributed by atoms with Crippen LogP contribution >= 0.6 is 0 Å². The van der Waals surface area contributed by atoms with Gasteiger partial charge in [-0.3, -0.25) is 4.99 Å². The summed E-state index contributed by atoms with van der Waals surface area (Å²) in [6.45, 7) is 5.35. The topological polar surface area (TPSA) is 62.7 Å². The van der Waals surface area contributed by atoms with Gasteiger partial charge in [-0.25, -0.2) is 4.79 Å². The molecule has 5 nitrogen and oxygen atoms in total. The number of rotatable bonds is 4. The fourth-order valence-corrected chi connectivity index (χ4v) is 1.53. The Labute approximate surface area is 106 Å². The Morgan fingerprint density at radius 2 is 2.28 bits per heavy atom. The van der Waals surface area contributed by atoms with Gasteiger partial charge in [0.1, 0.15) is 6.61 Å². The summed E-state index contributed by atoms with van der Waals surface area (Å²) in [6, 6.07) is 7.05. The highest BCUT2D eigenvalue weighted by Gasteiger charge is 2.07. The van der Waals surface area contributed by atoms with Crippen LogP contribution in [-0.2, 0) is 4.74 Å². The molecule has 0 radical (unpaired) electrons. The van der Waals surface area contributed by atoms with Crippen LogP contribution < -0.4 is 10.6 Å². The van der Waals surface area contributed by atoms with Crippen LogP contribution in [0.2, 0.25) is 0 Å². The van der Waals surface area contributed by atoms with Crippen LogP contribution in [0.4, 0.5) is 5.69 Å². The lowest BCUT2D eigenvalue weighted by Crippen LogP contribution is -2.26. The molecule has 2 rings (SSSR count). The first kappa shape index (κ1) is 12.2. The first-order valence-electron chi connectivity index (χ1n) is 5.73. The van der Waals surface area contributed by atoms with E-state index in [0.717, 1.165) is 24.7 Å². The van der Waals surface area contributed by atoms with Crippen LogP contribution in [0.3, 0.4) is 0 Å². The van der Waals surface area contributed by atoms with Crippen molar-refractivity contribution in [3.8, 4) is 0 Å². The van der Waals surface area contributed by atoms with E-state index in [1.165, 1.54) is 6.08 Å². The van der Waals surface area contributed by atoms with Crippen molar-refractivity contribution >= 4 is 17.6 Å². The van der Waals surface area contributed by atoms with Gasteiger partial charge in [0.2, 0.25) is 0 Å². The molecule has 5 heteroatoms. The molecule has 0 aliphatic carbocycles. The zero-order chi connectivity index (χ0) is 12.8. The van der Waals surface area contributed by atoms with Crippen molar-refractivity contribution in [1.82, 2.24) is 5.32 Å². The van der Waals surface area contributed by atoms with Crippen molar-refractivity contribution in [3.05, 3.63) is 42.5 Å². The molecule has 0 unspecified atom stereocenters. The molecule has 1 aliphatic rings. The fourth-order valence-electron chi connectivity index (χ4n) is 1.53. The Kier molecular flexibility index (Phi) is 3.96. The summed E-state index contributed by atoms with van der Waals surface area (Å²) < 4.78 is 4.94. The summed E-state index contributed by atoms with van der Waals surface area (Å²) in [5.41, 5.74) is 1.40. The minimum absolute atomic E-state index is 0.222. The molecule has 0 saturated heterocycles. The predicted octanol–water partition coefficient (Wildman–Crippen LogP) is 1.40. The molecule has 1 heterocycles. The molecular weight excluding hydrogens is 230 g/mol. The molecule has 2 N–H and O–H groups in total. The minimum atomic E-state index is -0.349. The molecule has 0 atom stereocenters. The van der Waals surface area contributed by atoms with Crippen molar-refractivity contribution in [2.75, 3.05) is 25.0 Å². The highest BCUT2D eigenvalue weighted by molar-refractivity contribution is 5.95. The van der Waals surface area contributed by atoms with Crippen LogP contribution in [-0.4, -0.2) is 31.6 Å². The molecule has 1 aromatic carbocycles. The molecule has 0 spiro atoms. The lowest BCUT2D eigenvalue weighted by Gasteiger charge is -2.07. The quantitative estimate of drug-likeness (QED) is 0.621. The van der Waals surface area contributed by atoms with E-state index in [4.69, 9.17) is 4.74 Å². The predicted molar refractivity (Wildman–Crippen MR) is 70.8 cm³/mol. The molecule has 18 heavy (non-hydrogen) atoms. The number of ether oxygens (including phenoxy) is 1. The molecule has 0 saturated carbocycles. The van der Waals surface area contributed by atoms with Gasteiger partial charge in [-0.05, 0) is 24.3 Å². The smallest absolute Gasteiger partial charge is 0.338 e. The first-order chi connectivity index (χ1) is 8.79. The molecular formula is C13H15N3O2. The Hall–Kier alpha value is -2.30. The van der Waals surface area contributed by atoms with Gasteiger partial charge >= 0.3 is 5.97 Å². The van der Waals surface area contributed by atoms with Crippen molar-refractivity contribution in [1.29, 1.82) is 0 Å². The van der Waals surface area contributed by atoms with E-state index in [1.54, 1.807) is 12.1 Å². The number of anilines is 1. The SMILES string of the molecule is C=CCOC(=O)c1ccc(NC2=NCCN2)cc1. The van der Waals surface area contributed by atoms with Crippen LogP contribution in [0.25, 0.3) is 0 Å². The molecule has 1 aliphatic heterocycles. The molecule has 0 aromatic heterocycles. The number of guanidine groups is 1. The third-order valence-electron chi connectivity index (χ3n) is 2.39. The third-order valence-corrected chi connectivity index (χ3v) is 2.39. The van der Waals surface area contributed by atoms with Gasteiger partial charge in [-0.2, -0.15) is 0 Å². The van der Waals surface area contributed by atoms with Gasteiger partial charge in [0.15, 0.2) is 5.96 Å². The highest BCUT2D eigenvalue weighted by atomic mass is 16.5. The van der Waals surface area contributed by atoms with E-state index >= 15 is 0 Å². The van der Waals surface area contributed by atoms with E-state index < -0.39 is 0 Å². The standard InChI is InChI=1S/C13H15N3O2/c1-2-9-18-12(17)10-3-5-11(6-4-10)16-13-14-7-8-15-13/h2-6H,1,7-9H2,(H2,14,15,16). The number of hydrogen-bond donors (Lipinski definition) is 2. The second-order valence-corrected chi connectivity index (χ2v) is 3.75. The lowest BCUT2D eigenvalue weighted by atomic mass is 10.2. The van der Waals surface area contributed by atoms with Gasteiger partial charge < -0.3 is 15.4 Å².